The van der Waals surface area contributed by atoms with Crippen molar-refractivity contribution in [3.8, 4) is 22.6 Å². The Morgan fingerprint density at radius 3 is 2.52 bits per heavy atom. The molecule has 2 rings (SSSR count). The van der Waals surface area contributed by atoms with Gasteiger partial charge in [0, 0.05) is 35.1 Å². The molecule has 1 unspecified atom stereocenters. The molecule has 6 nitrogen and oxygen atoms in total. The zero-order chi connectivity index (χ0) is 16.8. The largest absolute Gasteiger partial charge is 0.497 e. The average molecular weight is 318 g/mol. The molecule has 0 spiro atoms. The van der Waals surface area contributed by atoms with Gasteiger partial charge in [0.1, 0.15) is 11.5 Å². The summed E-state index contributed by atoms with van der Waals surface area (Å²) in [7, 11) is 3.19. The summed E-state index contributed by atoms with van der Waals surface area (Å²) in [6.45, 7) is -0.0744. The van der Waals surface area contributed by atoms with Crippen molar-refractivity contribution in [1.29, 1.82) is 0 Å². The van der Waals surface area contributed by atoms with Gasteiger partial charge in [-0.1, -0.05) is 0 Å². The highest BCUT2D eigenvalue weighted by Gasteiger charge is 2.13. The van der Waals surface area contributed by atoms with Crippen molar-refractivity contribution in [1.82, 2.24) is 0 Å². The summed E-state index contributed by atoms with van der Waals surface area (Å²) in [5.74, 6) is 1.35. The van der Waals surface area contributed by atoms with Gasteiger partial charge in [-0.3, -0.25) is 0 Å². The highest BCUT2D eigenvalue weighted by atomic mass is 16.5. The van der Waals surface area contributed by atoms with E-state index in [9.17, 15) is 5.11 Å². The van der Waals surface area contributed by atoms with Crippen LogP contribution in [-0.4, -0.2) is 43.7 Å². The van der Waals surface area contributed by atoms with E-state index in [1.807, 2.05) is 24.3 Å². The fourth-order valence-corrected chi connectivity index (χ4v) is 2.25. The number of hydrogen-bond acceptors (Lipinski definition) is 6. The molecule has 6 heteroatoms. The molecule has 0 aliphatic rings. The molecule has 2 aromatic rings. The minimum Gasteiger partial charge on any atom is -0.497 e. The van der Waals surface area contributed by atoms with E-state index in [1.165, 1.54) is 0 Å². The number of nitrogens with one attached hydrogen (secondary N) is 1. The van der Waals surface area contributed by atoms with E-state index in [4.69, 9.17) is 20.3 Å². The minimum atomic E-state index is -0.835. The Bertz CT molecular complexity index is 661. The highest BCUT2D eigenvalue weighted by Crippen LogP contribution is 2.38. The topological polar surface area (TPSA) is 97.0 Å². The van der Waals surface area contributed by atoms with E-state index in [-0.39, 0.29) is 13.2 Å². The summed E-state index contributed by atoms with van der Waals surface area (Å²) >= 11 is 0. The number of nitrogen functional groups attached to an aromatic ring is 1. The molecule has 0 saturated heterocycles. The number of aliphatic hydroxyl groups excluding tert-OH is 2. The number of methoxy groups -OCH3 is 2. The number of benzene rings is 2. The molecule has 1 atom stereocenters. The van der Waals surface area contributed by atoms with Crippen molar-refractivity contribution < 1.29 is 19.7 Å². The molecule has 23 heavy (non-hydrogen) atoms. The summed E-state index contributed by atoms with van der Waals surface area (Å²) in [6, 6.07) is 11.0. The van der Waals surface area contributed by atoms with Crippen LogP contribution in [0.3, 0.4) is 0 Å². The van der Waals surface area contributed by atoms with Gasteiger partial charge in [-0.25, -0.2) is 0 Å². The highest BCUT2D eigenvalue weighted by molar-refractivity contribution is 5.84. The first kappa shape index (κ1) is 16.9. The molecule has 2 aromatic carbocycles. The standard InChI is InChI=1S/C17H22N2O4/c1-22-13-4-5-14(17(8-13)23-2)15-7-11(18)3-6-16(15)19-9-12(21)10-20/h3-8,12,19-21H,9-10,18H2,1-2H3. The zero-order valence-corrected chi connectivity index (χ0v) is 13.2. The van der Waals surface area contributed by atoms with Crippen molar-refractivity contribution in [2.24, 2.45) is 0 Å². The van der Waals surface area contributed by atoms with Crippen molar-refractivity contribution >= 4 is 11.4 Å². The summed E-state index contributed by atoms with van der Waals surface area (Å²) in [6.07, 6.45) is -0.835. The lowest BCUT2D eigenvalue weighted by molar-refractivity contribution is 0.105. The fourth-order valence-electron chi connectivity index (χ4n) is 2.25. The third kappa shape index (κ3) is 4.06. The van der Waals surface area contributed by atoms with Gasteiger partial charge in [0.05, 0.1) is 26.9 Å². The summed E-state index contributed by atoms with van der Waals surface area (Å²) in [5.41, 5.74) is 9.01. The number of anilines is 2. The third-order valence-electron chi connectivity index (χ3n) is 3.48. The molecule has 0 heterocycles. The molecule has 5 N–H and O–H groups in total. The summed E-state index contributed by atoms with van der Waals surface area (Å²) in [5, 5.41) is 21.6. The number of ether oxygens (including phenoxy) is 2. The van der Waals surface area contributed by atoms with E-state index in [0.29, 0.717) is 17.2 Å². The Labute approximate surface area is 135 Å². The Hall–Kier alpha value is -2.44. The predicted molar refractivity (Wildman–Crippen MR) is 91.0 cm³/mol. The first-order chi connectivity index (χ1) is 11.1. The molecule has 0 fully saturated rings. The van der Waals surface area contributed by atoms with Gasteiger partial charge in [0.15, 0.2) is 0 Å². The number of rotatable bonds is 7. The molecule has 0 bridgehead atoms. The Morgan fingerprint density at radius 1 is 1.09 bits per heavy atom. The van der Waals surface area contributed by atoms with Crippen LogP contribution in [0.1, 0.15) is 0 Å². The van der Waals surface area contributed by atoms with E-state index >= 15 is 0 Å². The van der Waals surface area contributed by atoms with E-state index < -0.39 is 6.10 Å². The normalized spacial score (nSPS) is 11.8. The second-order valence-corrected chi connectivity index (χ2v) is 5.09. The van der Waals surface area contributed by atoms with Gasteiger partial charge >= 0.3 is 0 Å². The summed E-state index contributed by atoms with van der Waals surface area (Å²) in [4.78, 5) is 0. The smallest absolute Gasteiger partial charge is 0.130 e. The minimum absolute atomic E-state index is 0.228. The van der Waals surface area contributed by atoms with Crippen molar-refractivity contribution in [2.75, 3.05) is 38.4 Å². The molecular formula is C17H22N2O4. The Kier molecular flexibility index (Phi) is 5.67. The van der Waals surface area contributed by atoms with Gasteiger partial charge < -0.3 is 30.7 Å². The Morgan fingerprint density at radius 2 is 1.87 bits per heavy atom. The molecule has 0 aliphatic heterocycles. The van der Waals surface area contributed by atoms with Crippen molar-refractivity contribution in [3.63, 3.8) is 0 Å². The van der Waals surface area contributed by atoms with Crippen molar-refractivity contribution in [3.05, 3.63) is 36.4 Å². The van der Waals surface area contributed by atoms with Crippen LogP contribution in [0, 0.1) is 0 Å². The Balaban J connectivity index is 2.43. The molecule has 0 aliphatic carbocycles. The van der Waals surface area contributed by atoms with Crippen LogP contribution in [0.2, 0.25) is 0 Å². The van der Waals surface area contributed by atoms with Gasteiger partial charge in [-0.05, 0) is 30.3 Å². The van der Waals surface area contributed by atoms with Gasteiger partial charge in [0.2, 0.25) is 0 Å². The lowest BCUT2D eigenvalue weighted by atomic mass is 10.0. The molecule has 0 aromatic heterocycles. The van der Waals surface area contributed by atoms with Crippen LogP contribution in [0.25, 0.3) is 11.1 Å². The molecule has 124 valence electrons. The first-order valence-corrected chi connectivity index (χ1v) is 7.23. The maximum absolute atomic E-state index is 9.53. The van der Waals surface area contributed by atoms with Crippen LogP contribution in [0.15, 0.2) is 36.4 Å². The number of nitrogens with two attached hydrogens (primary N) is 1. The van der Waals surface area contributed by atoms with Crippen LogP contribution in [0.4, 0.5) is 11.4 Å². The monoisotopic (exact) mass is 318 g/mol. The SMILES string of the molecule is COc1ccc(-c2cc(N)ccc2NCC(O)CO)c(OC)c1. The van der Waals surface area contributed by atoms with E-state index in [1.54, 1.807) is 26.4 Å². The maximum atomic E-state index is 9.53. The van der Waals surface area contributed by atoms with E-state index in [0.717, 1.165) is 16.8 Å². The number of aliphatic hydroxyl groups is 2. The quantitative estimate of drug-likeness (QED) is 0.580. The van der Waals surface area contributed by atoms with Gasteiger partial charge in [0.25, 0.3) is 0 Å². The number of hydrogen-bond donors (Lipinski definition) is 4. The lowest BCUT2D eigenvalue weighted by Crippen LogP contribution is -2.23. The van der Waals surface area contributed by atoms with E-state index in [2.05, 4.69) is 5.32 Å². The van der Waals surface area contributed by atoms with Gasteiger partial charge in [-0.15, -0.1) is 0 Å². The van der Waals surface area contributed by atoms with Crippen LogP contribution in [-0.2, 0) is 0 Å². The second-order valence-electron chi connectivity index (χ2n) is 5.09. The third-order valence-corrected chi connectivity index (χ3v) is 3.48. The van der Waals surface area contributed by atoms with Crippen LogP contribution >= 0.6 is 0 Å². The van der Waals surface area contributed by atoms with Crippen LogP contribution in [0.5, 0.6) is 11.5 Å². The second kappa shape index (κ2) is 7.71. The molecule has 0 saturated carbocycles. The lowest BCUT2D eigenvalue weighted by Gasteiger charge is -2.17. The molecule has 0 amide bonds. The average Bonchev–Trinajstić information content (AvgIpc) is 2.59. The van der Waals surface area contributed by atoms with Crippen LogP contribution < -0.4 is 20.5 Å². The predicted octanol–water partition coefficient (Wildman–Crippen LogP) is 1.72. The fraction of sp³-hybridized carbons (Fsp3) is 0.294. The van der Waals surface area contributed by atoms with Gasteiger partial charge in [-0.2, -0.15) is 0 Å². The van der Waals surface area contributed by atoms with Crippen molar-refractivity contribution in [2.45, 2.75) is 6.10 Å². The first-order valence-electron chi connectivity index (χ1n) is 7.23. The molecule has 0 radical (unpaired) electrons. The summed E-state index contributed by atoms with van der Waals surface area (Å²) < 4.78 is 10.7. The molecular weight excluding hydrogens is 296 g/mol. The zero-order valence-electron chi connectivity index (χ0n) is 13.2. The maximum Gasteiger partial charge on any atom is 0.130 e.